The van der Waals surface area contributed by atoms with Crippen molar-refractivity contribution in [3.63, 3.8) is 0 Å². The summed E-state index contributed by atoms with van der Waals surface area (Å²) in [5, 5.41) is 0. The van der Waals surface area contributed by atoms with E-state index in [9.17, 15) is 9.59 Å². The molecule has 38 heavy (non-hydrogen) atoms. The minimum atomic E-state index is -1.30. The number of hydrogen-bond acceptors (Lipinski definition) is 4. The normalized spacial score (nSPS) is 17.7. The number of methoxy groups -OCH3 is 1. The van der Waals surface area contributed by atoms with Gasteiger partial charge in [-0.2, -0.15) is 0 Å². The van der Waals surface area contributed by atoms with Crippen LogP contribution in [0.15, 0.2) is 53.5 Å². The lowest BCUT2D eigenvalue weighted by molar-refractivity contribution is -0.141. The maximum Gasteiger partial charge on any atom is 0.268 e. The molecule has 2 amide bonds. The van der Waals surface area contributed by atoms with Crippen molar-refractivity contribution < 1.29 is 14.3 Å². The molecule has 2 aliphatic rings. The lowest BCUT2D eigenvalue weighted by atomic mass is 9.83. The number of anilines is 2. The average molecular weight is 510 g/mol. The number of aryl methyl sites for hydroxylation is 6. The molecule has 1 fully saturated rings. The average Bonchev–Trinajstić information content (AvgIpc) is 3.57. The molecule has 2 aliphatic heterocycles. The molecule has 0 atom stereocenters. The van der Waals surface area contributed by atoms with Gasteiger partial charge in [-0.25, -0.2) is 4.99 Å². The molecule has 6 heteroatoms. The molecule has 1 saturated heterocycles. The molecule has 196 valence electrons. The Kier molecular flexibility index (Phi) is 5.78. The molecule has 6 nitrogen and oxygen atoms in total. The summed E-state index contributed by atoms with van der Waals surface area (Å²) in [6.45, 7) is 15.6. The predicted molar refractivity (Wildman–Crippen MR) is 152 cm³/mol. The van der Waals surface area contributed by atoms with Gasteiger partial charge in [-0.1, -0.05) is 35.4 Å². The molecule has 3 aromatic carbocycles. The number of hydrogen-bond donors (Lipinski definition) is 0. The first-order valence-corrected chi connectivity index (χ1v) is 12.9. The second-order valence-electron chi connectivity index (χ2n) is 11.2. The smallest absolute Gasteiger partial charge is 0.268 e. The summed E-state index contributed by atoms with van der Waals surface area (Å²) in [6, 6.07) is 15.9. The molecule has 0 aliphatic carbocycles. The highest BCUT2D eigenvalue weighted by Gasteiger charge is 2.69. The Morgan fingerprint density at radius 2 is 1.08 bits per heavy atom. The first kappa shape index (κ1) is 25.7. The van der Waals surface area contributed by atoms with Gasteiger partial charge in [-0.3, -0.25) is 19.4 Å². The van der Waals surface area contributed by atoms with E-state index in [0.29, 0.717) is 5.71 Å². The van der Waals surface area contributed by atoms with Crippen LogP contribution in [0.5, 0.6) is 5.75 Å². The minimum Gasteiger partial charge on any atom is -0.497 e. The Hall–Kier alpha value is -3.93. The zero-order valence-electron chi connectivity index (χ0n) is 23.7. The highest BCUT2D eigenvalue weighted by molar-refractivity contribution is 6.33. The number of benzene rings is 3. The van der Waals surface area contributed by atoms with Gasteiger partial charge < -0.3 is 4.74 Å². The van der Waals surface area contributed by atoms with Gasteiger partial charge in [0.1, 0.15) is 16.9 Å². The lowest BCUT2D eigenvalue weighted by Gasteiger charge is -2.50. The first-order valence-electron chi connectivity index (χ1n) is 12.9. The maximum atomic E-state index is 14.4. The molecule has 0 unspecified atom stereocenters. The zero-order valence-corrected chi connectivity index (χ0v) is 23.7. The molecule has 0 aromatic heterocycles. The van der Waals surface area contributed by atoms with Crippen molar-refractivity contribution in [2.24, 2.45) is 10.4 Å². The molecule has 2 heterocycles. The third kappa shape index (κ3) is 3.57. The van der Waals surface area contributed by atoms with E-state index in [-0.39, 0.29) is 11.8 Å². The van der Waals surface area contributed by atoms with E-state index < -0.39 is 11.2 Å². The van der Waals surface area contributed by atoms with Crippen molar-refractivity contribution in [2.45, 2.75) is 61.2 Å². The quantitative estimate of drug-likeness (QED) is 0.399. The van der Waals surface area contributed by atoms with Gasteiger partial charge in [0.25, 0.3) is 5.79 Å². The summed E-state index contributed by atoms with van der Waals surface area (Å²) >= 11 is 0. The molecule has 3 aromatic rings. The van der Waals surface area contributed by atoms with E-state index in [1.807, 2.05) is 65.8 Å². The van der Waals surface area contributed by atoms with E-state index in [2.05, 4.69) is 24.3 Å². The number of amides is 2. The van der Waals surface area contributed by atoms with Crippen LogP contribution in [0.2, 0.25) is 0 Å². The molecular weight excluding hydrogens is 474 g/mol. The largest absolute Gasteiger partial charge is 0.497 e. The lowest BCUT2D eigenvalue weighted by Crippen LogP contribution is -2.71. The number of ether oxygens (including phenoxy) is 1. The number of nitrogens with zero attached hydrogens (tertiary/aromatic N) is 3. The van der Waals surface area contributed by atoms with E-state index in [4.69, 9.17) is 9.73 Å². The van der Waals surface area contributed by atoms with Gasteiger partial charge in [0.2, 0.25) is 11.8 Å². The maximum absolute atomic E-state index is 14.4. The Morgan fingerprint density at radius 1 is 0.684 bits per heavy atom. The van der Waals surface area contributed by atoms with Crippen LogP contribution < -0.4 is 14.5 Å². The Labute approximate surface area is 224 Å². The van der Waals surface area contributed by atoms with Gasteiger partial charge in [-0.05, 0) is 102 Å². The predicted octanol–water partition coefficient (Wildman–Crippen LogP) is 6.11. The van der Waals surface area contributed by atoms with Gasteiger partial charge >= 0.3 is 0 Å². The number of aliphatic imine (C=N–C) groups is 1. The van der Waals surface area contributed by atoms with E-state index in [1.165, 1.54) is 0 Å². The summed E-state index contributed by atoms with van der Waals surface area (Å²) in [6.07, 6.45) is 0. The SMILES string of the molecule is COc1ccc(C2=NC23N(c2c(C)cc(C)cc2C)C(=O)C(C)(C)C(=O)N3c2c(C)cc(C)cc2C)cc1. The van der Waals surface area contributed by atoms with Crippen LogP contribution in [-0.4, -0.2) is 30.4 Å². The van der Waals surface area contributed by atoms with Crippen molar-refractivity contribution in [3.05, 3.63) is 87.5 Å². The molecule has 0 radical (unpaired) electrons. The Morgan fingerprint density at radius 3 is 1.45 bits per heavy atom. The van der Waals surface area contributed by atoms with E-state index in [1.54, 1.807) is 30.8 Å². The van der Waals surface area contributed by atoms with E-state index >= 15 is 0 Å². The van der Waals surface area contributed by atoms with Crippen LogP contribution in [0.4, 0.5) is 11.4 Å². The topological polar surface area (TPSA) is 62.2 Å². The zero-order chi connectivity index (χ0) is 27.7. The Balaban J connectivity index is 1.82. The summed E-state index contributed by atoms with van der Waals surface area (Å²) in [4.78, 5) is 37.3. The number of carbonyl (C=O) groups is 2. The van der Waals surface area contributed by atoms with Gasteiger partial charge in [0.05, 0.1) is 18.5 Å². The minimum absolute atomic E-state index is 0.261. The van der Waals surface area contributed by atoms with Crippen LogP contribution in [-0.2, 0) is 9.59 Å². The van der Waals surface area contributed by atoms with Crippen LogP contribution >= 0.6 is 0 Å². The van der Waals surface area contributed by atoms with Crippen LogP contribution in [0, 0.1) is 47.0 Å². The molecule has 0 N–H and O–H groups in total. The highest BCUT2D eigenvalue weighted by atomic mass is 16.5. The third-order valence-corrected chi connectivity index (χ3v) is 7.72. The van der Waals surface area contributed by atoms with Crippen molar-refractivity contribution in [2.75, 3.05) is 16.9 Å². The van der Waals surface area contributed by atoms with Gasteiger partial charge in [-0.15, -0.1) is 0 Å². The highest BCUT2D eigenvalue weighted by Crippen LogP contribution is 2.53. The standard InChI is InChI=1S/C32H35N3O3/c1-18-14-20(3)26(21(4)15-18)34-29(36)31(7,8)30(37)35(27-22(5)16-19(2)17-23(27)6)32(34)28(33-32)24-10-12-25(38-9)13-11-24/h10-17H,1-9H3. The molecule has 0 bridgehead atoms. The third-order valence-electron chi connectivity index (χ3n) is 7.72. The van der Waals surface area contributed by atoms with Crippen LogP contribution in [0.1, 0.15) is 52.8 Å². The van der Waals surface area contributed by atoms with Crippen molar-refractivity contribution in [3.8, 4) is 5.75 Å². The summed E-state index contributed by atoms with van der Waals surface area (Å²) in [7, 11) is 1.63. The molecule has 1 spiro atoms. The van der Waals surface area contributed by atoms with Crippen molar-refractivity contribution in [1.82, 2.24) is 0 Å². The molecule has 0 saturated carbocycles. The fraction of sp³-hybridized carbons (Fsp3) is 0.344. The van der Waals surface area contributed by atoms with Crippen molar-refractivity contribution in [1.29, 1.82) is 0 Å². The summed E-state index contributed by atoms with van der Waals surface area (Å²) < 4.78 is 5.36. The Bertz CT molecular complexity index is 1410. The summed E-state index contributed by atoms with van der Waals surface area (Å²) in [5.74, 6) is -1.09. The first-order chi connectivity index (χ1) is 17.8. The fourth-order valence-corrected chi connectivity index (χ4v) is 6.05. The summed E-state index contributed by atoms with van der Waals surface area (Å²) in [5.41, 5.74) is 7.91. The van der Waals surface area contributed by atoms with E-state index in [0.717, 1.165) is 56.1 Å². The second-order valence-corrected chi connectivity index (χ2v) is 11.2. The van der Waals surface area contributed by atoms with Crippen LogP contribution in [0.3, 0.4) is 0 Å². The molecular formula is C32H35N3O3. The monoisotopic (exact) mass is 509 g/mol. The van der Waals surface area contributed by atoms with Gasteiger partial charge in [0, 0.05) is 5.56 Å². The second kappa shape index (κ2) is 8.55. The number of carbonyl (C=O) groups excluding carboxylic acids is 2. The molecule has 5 rings (SSSR count). The van der Waals surface area contributed by atoms with Crippen molar-refractivity contribution >= 4 is 28.9 Å². The number of rotatable bonds is 4. The fourth-order valence-electron chi connectivity index (χ4n) is 6.05. The van der Waals surface area contributed by atoms with Gasteiger partial charge in [0.15, 0.2) is 0 Å². The van der Waals surface area contributed by atoms with Crippen LogP contribution in [0.25, 0.3) is 0 Å².